The summed E-state index contributed by atoms with van der Waals surface area (Å²) in [5.41, 5.74) is 5.75. The van der Waals surface area contributed by atoms with Crippen LogP contribution in [-0.4, -0.2) is 33.6 Å². The van der Waals surface area contributed by atoms with Crippen LogP contribution in [0.4, 0.5) is 11.9 Å². The molecule has 0 amide bonds. The average molecular weight is 265 g/mol. The van der Waals surface area contributed by atoms with E-state index in [1.807, 2.05) is 13.8 Å². The van der Waals surface area contributed by atoms with Crippen molar-refractivity contribution in [2.45, 2.75) is 52.7 Å². The van der Waals surface area contributed by atoms with Crippen LogP contribution in [0.1, 0.15) is 40.5 Å². The second kappa shape index (κ2) is 5.59. The molecule has 1 fully saturated rings. The Labute approximate surface area is 114 Å². The number of ether oxygens (including phenoxy) is 1. The van der Waals surface area contributed by atoms with Gasteiger partial charge in [-0.15, -0.1) is 0 Å². The standard InChI is InChI=1S/C13H23N5O/c1-8(2)19-13-16-11(14)15-12(17-13)18-7-5-6-9(3)10(18)4/h8-10H,5-7H2,1-4H3,(H2,14,15,16,17). The molecule has 19 heavy (non-hydrogen) atoms. The van der Waals surface area contributed by atoms with E-state index in [-0.39, 0.29) is 12.1 Å². The number of nitrogens with zero attached hydrogens (tertiary/aromatic N) is 4. The van der Waals surface area contributed by atoms with Crippen LogP contribution in [0, 0.1) is 5.92 Å². The van der Waals surface area contributed by atoms with Crippen LogP contribution in [0.2, 0.25) is 0 Å². The summed E-state index contributed by atoms with van der Waals surface area (Å²) in [6, 6.07) is 0.713. The van der Waals surface area contributed by atoms with Crippen molar-refractivity contribution < 1.29 is 4.74 Å². The van der Waals surface area contributed by atoms with E-state index in [1.165, 1.54) is 6.42 Å². The van der Waals surface area contributed by atoms with Gasteiger partial charge in [-0.3, -0.25) is 0 Å². The molecule has 2 atom stereocenters. The van der Waals surface area contributed by atoms with Gasteiger partial charge in [0.2, 0.25) is 11.9 Å². The van der Waals surface area contributed by atoms with Crippen molar-refractivity contribution in [3.63, 3.8) is 0 Å². The van der Waals surface area contributed by atoms with Crippen molar-refractivity contribution in [1.82, 2.24) is 15.0 Å². The molecule has 6 nitrogen and oxygen atoms in total. The normalized spacial score (nSPS) is 23.7. The van der Waals surface area contributed by atoms with E-state index < -0.39 is 0 Å². The Morgan fingerprint density at radius 2 is 2.00 bits per heavy atom. The van der Waals surface area contributed by atoms with Gasteiger partial charge >= 0.3 is 6.01 Å². The van der Waals surface area contributed by atoms with Crippen LogP contribution in [-0.2, 0) is 0 Å². The minimum atomic E-state index is 0.0207. The molecule has 2 unspecified atom stereocenters. The second-order valence-corrected chi connectivity index (χ2v) is 5.50. The molecule has 2 N–H and O–H groups in total. The molecule has 6 heteroatoms. The highest BCUT2D eigenvalue weighted by Gasteiger charge is 2.27. The number of piperidine rings is 1. The number of hydrogen-bond donors (Lipinski definition) is 1. The molecule has 106 valence electrons. The Balaban J connectivity index is 2.25. The summed E-state index contributed by atoms with van der Waals surface area (Å²) in [6.07, 6.45) is 2.41. The summed E-state index contributed by atoms with van der Waals surface area (Å²) in [6.45, 7) is 9.28. The van der Waals surface area contributed by atoms with Gasteiger partial charge in [-0.2, -0.15) is 15.0 Å². The zero-order valence-electron chi connectivity index (χ0n) is 12.1. The average Bonchev–Trinajstić information content (AvgIpc) is 2.31. The number of aromatic nitrogens is 3. The van der Waals surface area contributed by atoms with E-state index >= 15 is 0 Å². The largest absolute Gasteiger partial charge is 0.461 e. The zero-order valence-corrected chi connectivity index (χ0v) is 12.1. The maximum absolute atomic E-state index is 5.75. The second-order valence-electron chi connectivity index (χ2n) is 5.50. The molecule has 0 saturated carbocycles. The Hall–Kier alpha value is -1.59. The molecule has 1 aliphatic rings. The third-order valence-corrected chi connectivity index (χ3v) is 3.59. The molecule has 2 heterocycles. The number of anilines is 2. The lowest BCUT2D eigenvalue weighted by molar-refractivity contribution is 0.221. The third kappa shape index (κ3) is 3.24. The number of rotatable bonds is 3. The van der Waals surface area contributed by atoms with E-state index in [4.69, 9.17) is 10.5 Å². The van der Waals surface area contributed by atoms with Gasteiger partial charge in [0.15, 0.2) is 0 Å². The Bertz CT molecular complexity index is 437. The lowest BCUT2D eigenvalue weighted by Crippen LogP contribution is -2.43. The molecule has 0 bridgehead atoms. The van der Waals surface area contributed by atoms with Crippen molar-refractivity contribution in [1.29, 1.82) is 0 Å². The first-order valence-electron chi connectivity index (χ1n) is 6.92. The van der Waals surface area contributed by atoms with Crippen molar-refractivity contribution in [2.24, 2.45) is 5.92 Å². The van der Waals surface area contributed by atoms with Crippen LogP contribution < -0.4 is 15.4 Å². The van der Waals surface area contributed by atoms with Crippen molar-refractivity contribution >= 4 is 11.9 Å². The van der Waals surface area contributed by atoms with Gasteiger partial charge in [0.25, 0.3) is 0 Å². The van der Waals surface area contributed by atoms with E-state index in [2.05, 4.69) is 33.7 Å². The summed E-state index contributed by atoms with van der Waals surface area (Å²) in [5.74, 6) is 1.47. The fourth-order valence-electron chi connectivity index (χ4n) is 2.37. The number of nitrogen functional groups attached to an aromatic ring is 1. The maximum Gasteiger partial charge on any atom is 0.323 e. The smallest absolute Gasteiger partial charge is 0.323 e. The SMILES string of the molecule is CC(C)Oc1nc(N)nc(N2CCCC(C)C2C)n1. The molecular formula is C13H23N5O. The highest BCUT2D eigenvalue weighted by molar-refractivity contribution is 5.37. The number of hydrogen-bond acceptors (Lipinski definition) is 6. The highest BCUT2D eigenvalue weighted by atomic mass is 16.5. The molecule has 0 spiro atoms. The first kappa shape index (κ1) is 13.8. The Morgan fingerprint density at radius 3 is 2.68 bits per heavy atom. The van der Waals surface area contributed by atoms with Crippen LogP contribution in [0.25, 0.3) is 0 Å². The minimum Gasteiger partial charge on any atom is -0.461 e. The van der Waals surface area contributed by atoms with Crippen LogP contribution in [0.3, 0.4) is 0 Å². The van der Waals surface area contributed by atoms with Crippen LogP contribution in [0.15, 0.2) is 0 Å². The number of nitrogens with two attached hydrogens (primary N) is 1. The summed E-state index contributed by atoms with van der Waals surface area (Å²) in [7, 11) is 0. The molecule has 1 aromatic rings. The molecule has 0 radical (unpaired) electrons. The molecule has 1 saturated heterocycles. The predicted molar refractivity (Wildman–Crippen MR) is 75.2 cm³/mol. The van der Waals surface area contributed by atoms with Crippen molar-refractivity contribution in [3.8, 4) is 6.01 Å². The summed E-state index contributed by atoms with van der Waals surface area (Å²) in [5, 5.41) is 0. The molecule has 0 aromatic carbocycles. The van der Waals surface area contributed by atoms with Gasteiger partial charge in [-0.1, -0.05) is 6.92 Å². The fraction of sp³-hybridized carbons (Fsp3) is 0.769. The van der Waals surface area contributed by atoms with Crippen molar-refractivity contribution in [2.75, 3.05) is 17.2 Å². The third-order valence-electron chi connectivity index (χ3n) is 3.59. The lowest BCUT2D eigenvalue weighted by atomic mass is 9.92. The Kier molecular flexibility index (Phi) is 4.07. The molecule has 1 aromatic heterocycles. The first-order valence-corrected chi connectivity index (χ1v) is 6.92. The van der Waals surface area contributed by atoms with E-state index in [9.17, 15) is 0 Å². The van der Waals surface area contributed by atoms with Crippen LogP contribution >= 0.6 is 0 Å². The van der Waals surface area contributed by atoms with Crippen molar-refractivity contribution in [3.05, 3.63) is 0 Å². The molecular weight excluding hydrogens is 242 g/mol. The van der Waals surface area contributed by atoms with E-state index in [0.717, 1.165) is 13.0 Å². The lowest BCUT2D eigenvalue weighted by Gasteiger charge is -2.37. The van der Waals surface area contributed by atoms with E-state index in [0.29, 0.717) is 23.9 Å². The Morgan fingerprint density at radius 1 is 1.26 bits per heavy atom. The van der Waals surface area contributed by atoms with Gasteiger partial charge in [0.1, 0.15) is 0 Å². The zero-order chi connectivity index (χ0) is 14.0. The highest BCUT2D eigenvalue weighted by Crippen LogP contribution is 2.27. The summed E-state index contributed by atoms with van der Waals surface area (Å²) < 4.78 is 5.52. The molecule has 2 rings (SSSR count). The van der Waals surface area contributed by atoms with Gasteiger partial charge in [0, 0.05) is 12.6 Å². The minimum absolute atomic E-state index is 0.0207. The first-order chi connectivity index (χ1) is 8.97. The summed E-state index contributed by atoms with van der Waals surface area (Å²) >= 11 is 0. The monoisotopic (exact) mass is 265 g/mol. The summed E-state index contributed by atoms with van der Waals surface area (Å²) in [4.78, 5) is 14.8. The predicted octanol–water partition coefficient (Wildman–Crippen LogP) is 1.87. The quantitative estimate of drug-likeness (QED) is 0.899. The molecule has 1 aliphatic heterocycles. The molecule has 0 aliphatic carbocycles. The topological polar surface area (TPSA) is 77.2 Å². The van der Waals surface area contributed by atoms with Gasteiger partial charge < -0.3 is 15.4 Å². The fourth-order valence-corrected chi connectivity index (χ4v) is 2.37. The van der Waals surface area contributed by atoms with Gasteiger partial charge in [0.05, 0.1) is 6.10 Å². The van der Waals surface area contributed by atoms with E-state index in [1.54, 1.807) is 0 Å². The maximum atomic E-state index is 5.75. The van der Waals surface area contributed by atoms with Gasteiger partial charge in [-0.25, -0.2) is 0 Å². The van der Waals surface area contributed by atoms with Gasteiger partial charge in [-0.05, 0) is 39.5 Å². The van der Waals surface area contributed by atoms with Crippen LogP contribution in [0.5, 0.6) is 6.01 Å².